The van der Waals surface area contributed by atoms with E-state index in [1.54, 1.807) is 48.5 Å². The average molecular weight is 365 g/mol. The summed E-state index contributed by atoms with van der Waals surface area (Å²) < 4.78 is 0. The highest BCUT2D eigenvalue weighted by atomic mass is 16.3. The molecule has 1 saturated carbocycles. The Labute approximate surface area is 158 Å². The molecule has 2 N–H and O–H groups in total. The number of hydrogen-bond acceptors (Lipinski definition) is 4. The standard InChI is InChI=1S/C22H23NO4/c1-14(24)18-19(20(25)15-12-13-15)23(21(18)26)22(27,16-8-4-2-5-9-16)17-10-6-3-7-11-17/h2-11,14-15,18-19,24,27H,12-13H2,1H3/t14-,18-,19+/m1/s1. The van der Waals surface area contributed by atoms with Gasteiger partial charge in [-0.3, -0.25) is 14.5 Å². The maximum atomic E-state index is 13.0. The van der Waals surface area contributed by atoms with Crippen LogP contribution in [0.4, 0.5) is 0 Å². The number of carbonyl (C=O) groups is 2. The van der Waals surface area contributed by atoms with Crippen molar-refractivity contribution in [2.24, 2.45) is 11.8 Å². The third-order valence-corrected chi connectivity index (χ3v) is 5.63. The van der Waals surface area contributed by atoms with Crippen LogP contribution in [0.5, 0.6) is 0 Å². The molecular weight excluding hydrogens is 342 g/mol. The van der Waals surface area contributed by atoms with E-state index in [0.29, 0.717) is 11.1 Å². The summed E-state index contributed by atoms with van der Waals surface area (Å²) in [6, 6.07) is 17.0. The number of aliphatic hydroxyl groups is 2. The second-order valence-corrected chi connectivity index (χ2v) is 7.50. The summed E-state index contributed by atoms with van der Waals surface area (Å²) in [7, 11) is 0. The molecule has 1 saturated heterocycles. The van der Waals surface area contributed by atoms with E-state index in [0.717, 1.165) is 12.8 Å². The number of carbonyl (C=O) groups excluding carboxylic acids is 2. The molecule has 0 aromatic heterocycles. The normalized spacial score (nSPS) is 23.7. The van der Waals surface area contributed by atoms with Gasteiger partial charge in [0.25, 0.3) is 0 Å². The van der Waals surface area contributed by atoms with E-state index >= 15 is 0 Å². The van der Waals surface area contributed by atoms with Crippen LogP contribution in [0.25, 0.3) is 0 Å². The summed E-state index contributed by atoms with van der Waals surface area (Å²) in [5.74, 6) is -1.36. The van der Waals surface area contributed by atoms with Gasteiger partial charge < -0.3 is 10.2 Å². The molecule has 1 aliphatic carbocycles. The number of benzene rings is 2. The van der Waals surface area contributed by atoms with Gasteiger partial charge in [0.1, 0.15) is 6.04 Å². The number of β-lactam (4-membered cyclic amide) rings is 1. The molecule has 5 nitrogen and oxygen atoms in total. The average Bonchev–Trinajstić information content (AvgIpc) is 3.51. The fraction of sp³-hybridized carbons (Fsp3) is 0.364. The van der Waals surface area contributed by atoms with E-state index in [9.17, 15) is 19.8 Å². The molecule has 0 radical (unpaired) electrons. The lowest BCUT2D eigenvalue weighted by atomic mass is 9.75. The predicted molar refractivity (Wildman–Crippen MR) is 99.4 cm³/mol. The highest BCUT2D eigenvalue weighted by Crippen LogP contribution is 2.47. The van der Waals surface area contributed by atoms with Gasteiger partial charge in [0.2, 0.25) is 5.91 Å². The Morgan fingerprint density at radius 1 is 1.04 bits per heavy atom. The Kier molecular flexibility index (Phi) is 4.36. The van der Waals surface area contributed by atoms with E-state index in [1.807, 2.05) is 12.1 Å². The fourth-order valence-electron chi connectivity index (χ4n) is 4.04. The molecule has 2 fully saturated rings. The molecule has 0 spiro atoms. The van der Waals surface area contributed by atoms with Gasteiger partial charge in [0, 0.05) is 17.0 Å². The zero-order valence-corrected chi connectivity index (χ0v) is 15.2. The number of rotatable bonds is 6. The number of amides is 1. The SMILES string of the molecule is C[C@@H](O)[C@H]1C(=O)N(C(O)(c2ccccc2)c2ccccc2)[C@@H]1C(=O)C1CC1. The molecule has 1 aliphatic heterocycles. The second kappa shape index (κ2) is 6.59. The molecule has 1 amide bonds. The zero-order chi connectivity index (χ0) is 19.2. The van der Waals surface area contributed by atoms with Crippen molar-refractivity contribution in [3.05, 3.63) is 71.8 Å². The Morgan fingerprint density at radius 2 is 1.52 bits per heavy atom. The monoisotopic (exact) mass is 365 g/mol. The Balaban J connectivity index is 1.84. The van der Waals surface area contributed by atoms with E-state index in [2.05, 4.69) is 0 Å². The fourth-order valence-corrected chi connectivity index (χ4v) is 4.04. The third-order valence-electron chi connectivity index (χ3n) is 5.63. The number of hydrogen-bond donors (Lipinski definition) is 2. The lowest BCUT2D eigenvalue weighted by Gasteiger charge is -2.55. The lowest BCUT2D eigenvalue weighted by molar-refractivity contribution is -0.205. The van der Waals surface area contributed by atoms with Gasteiger partial charge in [-0.05, 0) is 19.8 Å². The summed E-state index contributed by atoms with van der Waals surface area (Å²) in [6.07, 6.45) is 0.662. The first-order valence-corrected chi connectivity index (χ1v) is 9.34. The summed E-state index contributed by atoms with van der Waals surface area (Å²) in [5, 5.41) is 21.9. The minimum Gasteiger partial charge on any atom is -0.392 e. The van der Waals surface area contributed by atoms with Crippen molar-refractivity contribution < 1.29 is 19.8 Å². The van der Waals surface area contributed by atoms with Crippen LogP contribution in [0.15, 0.2) is 60.7 Å². The summed E-state index contributed by atoms with van der Waals surface area (Å²) in [6.45, 7) is 1.52. The first kappa shape index (κ1) is 17.9. The van der Waals surface area contributed by atoms with Crippen molar-refractivity contribution in [1.82, 2.24) is 4.90 Å². The van der Waals surface area contributed by atoms with Crippen LogP contribution in [0, 0.1) is 11.8 Å². The van der Waals surface area contributed by atoms with Crippen molar-refractivity contribution in [3.8, 4) is 0 Å². The highest BCUT2D eigenvalue weighted by molar-refractivity contribution is 6.02. The predicted octanol–water partition coefficient (Wildman–Crippen LogP) is 2.07. The van der Waals surface area contributed by atoms with Gasteiger partial charge in [0.15, 0.2) is 11.5 Å². The van der Waals surface area contributed by atoms with Gasteiger partial charge >= 0.3 is 0 Å². The smallest absolute Gasteiger partial charge is 0.234 e. The van der Waals surface area contributed by atoms with Crippen LogP contribution >= 0.6 is 0 Å². The number of aliphatic hydroxyl groups excluding tert-OH is 1. The minimum atomic E-state index is -1.76. The van der Waals surface area contributed by atoms with Gasteiger partial charge in [0.05, 0.1) is 12.0 Å². The molecular formula is C22H23NO4. The molecule has 140 valence electrons. The Morgan fingerprint density at radius 3 is 1.93 bits per heavy atom. The molecule has 1 heterocycles. The maximum absolute atomic E-state index is 13.0. The molecule has 5 heteroatoms. The first-order valence-electron chi connectivity index (χ1n) is 9.34. The van der Waals surface area contributed by atoms with Crippen LogP contribution in [0.2, 0.25) is 0 Å². The largest absolute Gasteiger partial charge is 0.392 e. The Hall–Kier alpha value is -2.50. The Bertz CT molecular complexity index is 806. The molecule has 0 unspecified atom stereocenters. The topological polar surface area (TPSA) is 77.8 Å². The minimum absolute atomic E-state index is 0.0641. The number of likely N-dealkylation sites (tertiary alicyclic amines) is 1. The van der Waals surface area contributed by atoms with Crippen LogP contribution in [0.1, 0.15) is 30.9 Å². The summed E-state index contributed by atoms with van der Waals surface area (Å²) in [4.78, 5) is 27.2. The van der Waals surface area contributed by atoms with Crippen LogP contribution in [-0.4, -0.2) is 38.9 Å². The molecule has 2 aromatic carbocycles. The number of ketones is 1. The van der Waals surface area contributed by atoms with Gasteiger partial charge in [-0.15, -0.1) is 0 Å². The van der Waals surface area contributed by atoms with Crippen molar-refractivity contribution in [1.29, 1.82) is 0 Å². The lowest BCUT2D eigenvalue weighted by Crippen LogP contribution is -2.73. The first-order chi connectivity index (χ1) is 13.0. The number of Topliss-reactive ketones (excluding diaryl/α,β-unsaturated/α-hetero) is 1. The molecule has 4 rings (SSSR count). The van der Waals surface area contributed by atoms with Crippen LogP contribution in [-0.2, 0) is 15.3 Å². The van der Waals surface area contributed by atoms with Crippen molar-refractivity contribution in [2.45, 2.75) is 37.6 Å². The second-order valence-electron chi connectivity index (χ2n) is 7.50. The van der Waals surface area contributed by atoms with Crippen molar-refractivity contribution in [2.75, 3.05) is 0 Å². The van der Waals surface area contributed by atoms with E-state index < -0.39 is 29.7 Å². The van der Waals surface area contributed by atoms with Crippen molar-refractivity contribution in [3.63, 3.8) is 0 Å². The van der Waals surface area contributed by atoms with Gasteiger partial charge in [-0.25, -0.2) is 0 Å². The summed E-state index contributed by atoms with van der Waals surface area (Å²) in [5.41, 5.74) is -0.732. The van der Waals surface area contributed by atoms with Crippen LogP contribution in [0.3, 0.4) is 0 Å². The van der Waals surface area contributed by atoms with Crippen molar-refractivity contribution >= 4 is 11.7 Å². The molecule has 0 bridgehead atoms. The molecule has 3 atom stereocenters. The molecule has 2 aromatic rings. The summed E-state index contributed by atoms with van der Waals surface area (Å²) >= 11 is 0. The van der Waals surface area contributed by atoms with Crippen LogP contribution < -0.4 is 0 Å². The maximum Gasteiger partial charge on any atom is 0.234 e. The zero-order valence-electron chi connectivity index (χ0n) is 15.2. The molecule has 2 aliphatic rings. The van der Waals surface area contributed by atoms with Gasteiger partial charge in [-0.2, -0.15) is 0 Å². The van der Waals surface area contributed by atoms with E-state index in [-0.39, 0.29) is 11.7 Å². The third kappa shape index (κ3) is 2.78. The van der Waals surface area contributed by atoms with E-state index in [1.165, 1.54) is 11.8 Å². The molecule has 27 heavy (non-hydrogen) atoms. The quantitative estimate of drug-likeness (QED) is 0.768. The van der Waals surface area contributed by atoms with E-state index in [4.69, 9.17) is 0 Å². The highest BCUT2D eigenvalue weighted by Gasteiger charge is 2.62. The number of nitrogens with zero attached hydrogens (tertiary/aromatic N) is 1. The van der Waals surface area contributed by atoms with Gasteiger partial charge in [-0.1, -0.05) is 60.7 Å².